The lowest BCUT2D eigenvalue weighted by molar-refractivity contribution is -0.140. The van der Waals surface area contributed by atoms with E-state index in [2.05, 4.69) is 0 Å². The molecule has 1 amide bonds. The monoisotopic (exact) mass is 323 g/mol. The molecule has 0 radical (unpaired) electrons. The van der Waals surface area contributed by atoms with Gasteiger partial charge in [0.15, 0.2) is 6.10 Å². The quantitative estimate of drug-likeness (QED) is 0.853. The molecular formula is C17H22FNO2S. The highest BCUT2D eigenvalue weighted by atomic mass is 32.2. The number of ether oxygens (including phenoxy) is 1. The number of halogens is 1. The van der Waals surface area contributed by atoms with E-state index >= 15 is 0 Å². The molecule has 1 saturated heterocycles. The Kier molecular flexibility index (Phi) is 4.91. The van der Waals surface area contributed by atoms with Gasteiger partial charge in [0, 0.05) is 29.7 Å². The molecule has 120 valence electrons. The Balaban J connectivity index is 1.66. The Hall–Kier alpha value is -1.23. The first-order chi connectivity index (χ1) is 10.6. The van der Waals surface area contributed by atoms with Crippen molar-refractivity contribution in [1.82, 2.24) is 4.90 Å². The first-order valence-electron chi connectivity index (χ1n) is 7.99. The maximum atomic E-state index is 13.2. The van der Waals surface area contributed by atoms with Gasteiger partial charge in [-0.05, 0) is 31.9 Å². The van der Waals surface area contributed by atoms with Gasteiger partial charge in [0.25, 0.3) is 5.91 Å². The molecule has 2 aliphatic rings. The molecule has 0 aromatic heterocycles. The first-order valence-corrected chi connectivity index (χ1v) is 9.04. The third-order valence-electron chi connectivity index (χ3n) is 4.47. The largest absolute Gasteiger partial charge is 0.481 e. The number of thioether (sulfide) groups is 1. The molecule has 3 atom stereocenters. The third kappa shape index (κ3) is 3.40. The molecule has 22 heavy (non-hydrogen) atoms. The average Bonchev–Trinajstić information content (AvgIpc) is 2.53. The Morgan fingerprint density at radius 3 is 3.05 bits per heavy atom. The number of amides is 1. The van der Waals surface area contributed by atoms with Gasteiger partial charge in [-0.2, -0.15) is 11.8 Å². The van der Waals surface area contributed by atoms with Crippen LogP contribution < -0.4 is 4.74 Å². The predicted molar refractivity (Wildman–Crippen MR) is 86.7 cm³/mol. The van der Waals surface area contributed by atoms with E-state index in [-0.39, 0.29) is 11.7 Å². The van der Waals surface area contributed by atoms with Crippen molar-refractivity contribution < 1.29 is 13.9 Å². The highest BCUT2D eigenvalue weighted by Gasteiger charge is 2.38. The second-order valence-electron chi connectivity index (χ2n) is 6.01. The van der Waals surface area contributed by atoms with E-state index in [0.717, 1.165) is 18.7 Å². The summed E-state index contributed by atoms with van der Waals surface area (Å²) in [5.74, 6) is 1.09. The van der Waals surface area contributed by atoms with Gasteiger partial charge in [-0.3, -0.25) is 4.79 Å². The fourth-order valence-corrected chi connectivity index (χ4v) is 4.84. The van der Waals surface area contributed by atoms with Crippen LogP contribution in [0.4, 0.5) is 4.39 Å². The minimum atomic E-state index is -0.576. The van der Waals surface area contributed by atoms with Crippen LogP contribution in [0.5, 0.6) is 5.75 Å². The van der Waals surface area contributed by atoms with Crippen molar-refractivity contribution in [2.75, 3.05) is 12.3 Å². The van der Waals surface area contributed by atoms with Crippen molar-refractivity contribution in [1.29, 1.82) is 0 Å². The minimum Gasteiger partial charge on any atom is -0.481 e. The van der Waals surface area contributed by atoms with E-state index in [1.54, 1.807) is 19.1 Å². The molecule has 0 N–H and O–H groups in total. The maximum Gasteiger partial charge on any atom is 0.263 e. The summed E-state index contributed by atoms with van der Waals surface area (Å²) in [4.78, 5) is 14.7. The summed E-state index contributed by atoms with van der Waals surface area (Å²) in [7, 11) is 0. The Bertz CT molecular complexity index is 537. The highest BCUT2D eigenvalue weighted by molar-refractivity contribution is 8.00. The molecule has 0 bridgehead atoms. The molecular weight excluding hydrogens is 301 g/mol. The number of carbonyl (C=O) groups is 1. The predicted octanol–water partition coefficient (Wildman–Crippen LogP) is 3.48. The van der Waals surface area contributed by atoms with Crippen LogP contribution in [0, 0.1) is 5.82 Å². The van der Waals surface area contributed by atoms with Crippen molar-refractivity contribution in [3.05, 3.63) is 30.1 Å². The van der Waals surface area contributed by atoms with Crippen LogP contribution in [-0.2, 0) is 4.79 Å². The summed E-state index contributed by atoms with van der Waals surface area (Å²) in [6.45, 7) is 2.55. The summed E-state index contributed by atoms with van der Waals surface area (Å²) in [5, 5.41) is 0.577. The number of benzene rings is 1. The van der Waals surface area contributed by atoms with Crippen molar-refractivity contribution in [3.63, 3.8) is 0 Å². The van der Waals surface area contributed by atoms with Crippen LogP contribution in [0.3, 0.4) is 0 Å². The van der Waals surface area contributed by atoms with Crippen molar-refractivity contribution in [2.45, 2.75) is 50.0 Å². The van der Waals surface area contributed by atoms with Gasteiger partial charge in [-0.1, -0.05) is 18.9 Å². The third-order valence-corrected chi connectivity index (χ3v) is 5.87. The normalized spacial score (nSPS) is 26.2. The van der Waals surface area contributed by atoms with Gasteiger partial charge in [-0.25, -0.2) is 4.39 Å². The number of rotatable bonds is 3. The molecule has 1 saturated carbocycles. The second-order valence-corrected chi connectivity index (χ2v) is 7.36. The molecule has 1 heterocycles. The summed E-state index contributed by atoms with van der Waals surface area (Å²) in [6, 6.07) is 6.31. The van der Waals surface area contributed by atoms with Gasteiger partial charge < -0.3 is 9.64 Å². The van der Waals surface area contributed by atoms with Crippen LogP contribution in [0.15, 0.2) is 24.3 Å². The van der Waals surface area contributed by atoms with E-state index < -0.39 is 6.10 Å². The van der Waals surface area contributed by atoms with Crippen molar-refractivity contribution in [2.24, 2.45) is 0 Å². The Morgan fingerprint density at radius 1 is 1.41 bits per heavy atom. The summed E-state index contributed by atoms with van der Waals surface area (Å²) in [5.41, 5.74) is 0. The lowest BCUT2D eigenvalue weighted by Gasteiger charge is -2.44. The molecule has 1 aliphatic heterocycles. The topological polar surface area (TPSA) is 29.5 Å². The number of hydrogen-bond donors (Lipinski definition) is 0. The molecule has 3 nitrogen and oxygen atoms in total. The first kappa shape index (κ1) is 15.7. The standard InChI is InChI=1S/C17H22FNO2S/c1-12(21-14-6-4-5-13(18)11-14)17(20)19-9-10-22-16-8-3-2-7-15(16)19/h4-6,11-12,15-16H,2-3,7-10H2,1H3/t12-,15+,16-/m0/s1. The molecule has 1 aromatic carbocycles. The van der Waals surface area contributed by atoms with E-state index in [0.29, 0.717) is 17.0 Å². The zero-order valence-corrected chi connectivity index (χ0v) is 13.7. The Labute approximate surface area is 135 Å². The SMILES string of the molecule is C[C@H](Oc1cccc(F)c1)C(=O)N1CCS[C@H]2CCCC[C@H]21. The fraction of sp³-hybridized carbons (Fsp3) is 0.588. The van der Waals surface area contributed by atoms with Crippen LogP contribution in [-0.4, -0.2) is 40.5 Å². The van der Waals surface area contributed by atoms with Gasteiger partial charge in [0.2, 0.25) is 0 Å². The number of nitrogens with zero attached hydrogens (tertiary/aromatic N) is 1. The van der Waals surface area contributed by atoms with Crippen molar-refractivity contribution in [3.8, 4) is 5.75 Å². The Morgan fingerprint density at radius 2 is 2.23 bits per heavy atom. The van der Waals surface area contributed by atoms with Crippen LogP contribution in [0.1, 0.15) is 32.6 Å². The second kappa shape index (κ2) is 6.90. The maximum absolute atomic E-state index is 13.2. The number of hydrogen-bond acceptors (Lipinski definition) is 3. The summed E-state index contributed by atoms with van der Waals surface area (Å²) in [6.07, 6.45) is 4.19. The smallest absolute Gasteiger partial charge is 0.263 e. The summed E-state index contributed by atoms with van der Waals surface area (Å²) >= 11 is 2.00. The molecule has 0 spiro atoms. The van der Waals surface area contributed by atoms with E-state index in [1.165, 1.54) is 31.4 Å². The van der Waals surface area contributed by atoms with Gasteiger partial charge in [-0.15, -0.1) is 0 Å². The van der Waals surface area contributed by atoms with E-state index in [1.807, 2.05) is 16.7 Å². The molecule has 0 unspecified atom stereocenters. The zero-order chi connectivity index (χ0) is 15.5. The molecule has 5 heteroatoms. The highest BCUT2D eigenvalue weighted by Crippen LogP contribution is 2.35. The summed E-state index contributed by atoms with van der Waals surface area (Å²) < 4.78 is 18.9. The van der Waals surface area contributed by atoms with Gasteiger partial charge >= 0.3 is 0 Å². The van der Waals surface area contributed by atoms with Crippen LogP contribution >= 0.6 is 11.8 Å². The average molecular weight is 323 g/mol. The number of carbonyl (C=O) groups excluding carboxylic acids is 1. The zero-order valence-electron chi connectivity index (χ0n) is 12.8. The van der Waals surface area contributed by atoms with Crippen LogP contribution in [0.2, 0.25) is 0 Å². The van der Waals surface area contributed by atoms with Gasteiger partial charge in [0.1, 0.15) is 11.6 Å². The lowest BCUT2D eigenvalue weighted by atomic mass is 9.93. The molecule has 2 fully saturated rings. The van der Waals surface area contributed by atoms with Crippen LogP contribution in [0.25, 0.3) is 0 Å². The van der Waals surface area contributed by atoms with E-state index in [9.17, 15) is 9.18 Å². The number of fused-ring (bicyclic) bond motifs is 1. The molecule has 1 aromatic rings. The minimum absolute atomic E-state index is 0.0291. The fourth-order valence-electron chi connectivity index (χ4n) is 3.40. The van der Waals surface area contributed by atoms with E-state index in [4.69, 9.17) is 4.74 Å². The van der Waals surface area contributed by atoms with Gasteiger partial charge in [0.05, 0.1) is 0 Å². The molecule has 1 aliphatic carbocycles. The molecule has 3 rings (SSSR count). The lowest BCUT2D eigenvalue weighted by Crippen LogP contribution is -2.54. The van der Waals surface area contributed by atoms with Crippen molar-refractivity contribution >= 4 is 17.7 Å².